The van der Waals surface area contributed by atoms with Gasteiger partial charge < -0.3 is 9.80 Å². The van der Waals surface area contributed by atoms with Crippen molar-refractivity contribution < 1.29 is 6.85 Å². The minimum absolute atomic E-state index is 0.151. The molecule has 2 heterocycles. The second kappa shape index (κ2) is 24.0. The fraction of sp³-hybridized carbons (Fsp3) is 0.134. The monoisotopic (exact) mass is 1290 g/mol. The van der Waals surface area contributed by atoms with Crippen LogP contribution in [0.15, 0.2) is 327 Å². The molecule has 3 heteroatoms. The van der Waals surface area contributed by atoms with Gasteiger partial charge in [0.2, 0.25) is 0 Å². The van der Waals surface area contributed by atoms with Crippen LogP contribution >= 0.6 is 0 Å². The van der Waals surface area contributed by atoms with Gasteiger partial charge in [0, 0.05) is 39.4 Å². The Hall–Kier alpha value is -11.3. The maximum atomic E-state index is 9.64. The van der Waals surface area contributed by atoms with Crippen molar-refractivity contribution in [3.05, 3.63) is 366 Å². The van der Waals surface area contributed by atoms with E-state index in [0.717, 1.165) is 106 Å². The van der Waals surface area contributed by atoms with Gasteiger partial charge in [0.1, 0.15) is 0 Å². The highest BCUT2D eigenvalue weighted by Gasteiger charge is 2.49. The Morgan fingerprint density at radius 1 is 0.290 bits per heavy atom. The van der Waals surface area contributed by atoms with E-state index in [1.165, 1.54) is 50.1 Å². The van der Waals surface area contributed by atoms with Gasteiger partial charge in [-0.25, -0.2) is 0 Å². The van der Waals surface area contributed by atoms with E-state index in [-0.39, 0.29) is 46.0 Å². The Morgan fingerprint density at radius 3 is 1.34 bits per heavy atom. The van der Waals surface area contributed by atoms with Crippen LogP contribution in [-0.2, 0) is 21.7 Å². The summed E-state index contributed by atoms with van der Waals surface area (Å²) in [5, 5.41) is 0. The van der Waals surface area contributed by atoms with E-state index in [1.807, 2.05) is 6.07 Å². The van der Waals surface area contributed by atoms with Crippen LogP contribution in [0, 0.1) is 0 Å². The van der Waals surface area contributed by atoms with Crippen LogP contribution in [0.25, 0.3) is 77.9 Å². The average molecular weight is 1290 g/mol. The molecular weight excluding hydrogens is 1200 g/mol. The largest absolute Gasteiger partial charge is 0.311 e. The van der Waals surface area contributed by atoms with Crippen molar-refractivity contribution >= 4 is 57.2 Å². The normalized spacial score (nSPS) is 14.2. The third-order valence-electron chi connectivity index (χ3n) is 21.3. The van der Waals surface area contributed by atoms with Crippen LogP contribution in [0.4, 0.5) is 34.1 Å². The maximum Gasteiger partial charge on any atom is 0.252 e. The quantitative estimate of drug-likeness (QED) is 0.126. The first-order chi connectivity index (χ1) is 50.6. The van der Waals surface area contributed by atoms with Gasteiger partial charge in [-0.3, -0.25) is 0 Å². The first-order valence-electron chi connectivity index (χ1n) is 37.7. The minimum Gasteiger partial charge on any atom is -0.311 e. The van der Waals surface area contributed by atoms with Crippen molar-refractivity contribution in [1.82, 2.24) is 0 Å². The van der Waals surface area contributed by atoms with E-state index in [2.05, 4.69) is 363 Å². The summed E-state index contributed by atoms with van der Waals surface area (Å²) in [6, 6.07) is 108. The molecule has 2 aliphatic heterocycles. The lowest BCUT2D eigenvalue weighted by Gasteiger charge is -2.46. The molecule has 0 bridgehead atoms. The zero-order valence-corrected chi connectivity index (χ0v) is 58.3. The van der Waals surface area contributed by atoms with Crippen LogP contribution in [0.3, 0.4) is 0 Å². The molecule has 2 nitrogen and oxygen atoms in total. The molecule has 14 aromatic carbocycles. The predicted octanol–water partition coefficient (Wildman–Crippen LogP) is 24.0. The van der Waals surface area contributed by atoms with Gasteiger partial charge in [-0.1, -0.05) is 353 Å². The lowest BCUT2D eigenvalue weighted by Crippen LogP contribution is -2.61. The molecule has 0 fully saturated rings. The lowest BCUT2D eigenvalue weighted by atomic mass is 9.33. The number of para-hydroxylation sites is 1. The Balaban J connectivity index is 1.06. The zero-order chi connectivity index (χ0) is 72.6. The van der Waals surface area contributed by atoms with Crippen molar-refractivity contribution in [3.8, 4) is 77.9 Å². The van der Waals surface area contributed by atoms with Gasteiger partial charge in [-0.2, -0.15) is 0 Å². The fourth-order valence-corrected chi connectivity index (χ4v) is 16.3. The first kappa shape index (κ1) is 56.7. The summed E-state index contributed by atoms with van der Waals surface area (Å²) in [6.45, 7) is 20.3. The number of fused-ring (bicyclic) bond motifs is 7. The summed E-state index contributed by atoms with van der Waals surface area (Å²) in [5.41, 5.74) is 29.8. The molecule has 0 radical (unpaired) electrons. The molecule has 14 aromatic rings. The summed E-state index contributed by atoms with van der Waals surface area (Å²) in [5.74, 6) is 0. The van der Waals surface area contributed by atoms with E-state index < -0.39 is 18.2 Å². The average Bonchev–Trinajstić information content (AvgIpc) is 1.59. The molecule has 0 unspecified atom stereocenters. The van der Waals surface area contributed by atoms with E-state index in [0.29, 0.717) is 5.56 Å². The van der Waals surface area contributed by atoms with Crippen molar-refractivity contribution in [2.45, 2.75) is 84.0 Å². The third-order valence-corrected chi connectivity index (χ3v) is 21.3. The van der Waals surface area contributed by atoms with Crippen LogP contribution < -0.4 is 26.2 Å². The van der Waals surface area contributed by atoms with Gasteiger partial charge in [-0.05, 0) is 169 Å². The van der Waals surface area contributed by atoms with Gasteiger partial charge in [-0.15, -0.1) is 0 Å². The molecule has 1 aliphatic carbocycles. The SMILES string of the molecule is [2H]c1c([2H])c([2H])c(-c2ccc3c(c2)B2c4ccc(-c5cccc6c5C(c5ccccc5)(c5ccccc5)c5ccccc5-6)cc4N(c4ccc(C(C)(C)C)cc4-c4ccccc4)c4cc(-c5cc(C(C)(C)C)cc(C(C)(C)C)c5)cc(c42)N3c2c(-c3ccccc3)cccc2-c2ccccc2)c([2H])c1[2H]. The highest BCUT2D eigenvalue weighted by molar-refractivity contribution is 7.00. The van der Waals surface area contributed by atoms with Gasteiger partial charge >= 0.3 is 0 Å². The van der Waals surface area contributed by atoms with Crippen LogP contribution in [0.2, 0.25) is 0 Å². The summed E-state index contributed by atoms with van der Waals surface area (Å²) < 4.78 is 46.4. The summed E-state index contributed by atoms with van der Waals surface area (Å²) in [6.07, 6.45) is 0. The first-order valence-corrected chi connectivity index (χ1v) is 35.2. The molecule has 0 N–H and O–H groups in total. The van der Waals surface area contributed by atoms with Gasteiger partial charge in [0.05, 0.1) is 23.6 Å². The Morgan fingerprint density at radius 2 is 0.760 bits per heavy atom. The van der Waals surface area contributed by atoms with Crippen molar-refractivity contribution in [1.29, 1.82) is 0 Å². The third kappa shape index (κ3) is 10.3. The highest BCUT2D eigenvalue weighted by atomic mass is 15.2. The number of benzene rings is 14. The van der Waals surface area contributed by atoms with E-state index in [1.54, 1.807) is 0 Å². The smallest absolute Gasteiger partial charge is 0.252 e. The molecular formula is C97H81BN2. The van der Waals surface area contributed by atoms with E-state index in [9.17, 15) is 2.74 Å². The van der Waals surface area contributed by atoms with Gasteiger partial charge in [0.15, 0.2) is 0 Å². The predicted molar refractivity (Wildman–Crippen MR) is 426 cm³/mol. The Labute approximate surface area is 598 Å². The van der Waals surface area contributed by atoms with Crippen LogP contribution in [0.1, 0.15) is 108 Å². The van der Waals surface area contributed by atoms with E-state index in [4.69, 9.17) is 4.11 Å². The molecule has 0 aromatic heterocycles. The van der Waals surface area contributed by atoms with Crippen molar-refractivity contribution in [2.24, 2.45) is 0 Å². The van der Waals surface area contributed by atoms with Crippen molar-refractivity contribution in [3.63, 3.8) is 0 Å². The summed E-state index contributed by atoms with van der Waals surface area (Å²) in [7, 11) is 0. The second-order valence-corrected chi connectivity index (χ2v) is 30.4. The maximum absolute atomic E-state index is 9.64. The Kier molecular flexibility index (Phi) is 13.6. The fourth-order valence-electron chi connectivity index (χ4n) is 16.3. The molecule has 0 spiro atoms. The molecule has 3 aliphatic rings. The molecule has 17 rings (SSSR count). The highest BCUT2D eigenvalue weighted by Crippen LogP contribution is 2.60. The minimum atomic E-state index is -0.714. The molecule has 0 saturated heterocycles. The van der Waals surface area contributed by atoms with Crippen LogP contribution in [0.5, 0.6) is 0 Å². The zero-order valence-electron chi connectivity index (χ0n) is 63.3. The number of hydrogen-bond donors (Lipinski definition) is 0. The lowest BCUT2D eigenvalue weighted by molar-refractivity contribution is 0.569. The standard InChI is InChI=1S/C97H81BN2/c1-94(2,3)74-52-55-86(82(63-74)67-38-22-13-23-39-67)99-88-59-69(77-45-30-48-81-80-44-28-29-49-83(80)97(91(77)81,72-40-24-14-25-41-72)73-42-26-15-27-43-73)50-53-84(88)98-85-58-68(64-32-16-10-17-33-64)51-54-87(85)100(93-78(65-34-18-11-19-35-65)46-31-47-79(93)66-36-20-12-21-37-66)90-61-71(60-89(99)92(90)98)70-56-75(95(4,5)6)62-76(57-70)96(7,8)9/h10-63H,1-9H3/i10D,16D,17D,32D,33D. The molecule has 0 amide bonds. The number of nitrogens with zero attached hydrogens (tertiary/aromatic N) is 2. The number of hydrogen-bond acceptors (Lipinski definition) is 2. The topological polar surface area (TPSA) is 6.48 Å². The van der Waals surface area contributed by atoms with Gasteiger partial charge in [0.25, 0.3) is 6.71 Å². The van der Waals surface area contributed by atoms with Crippen molar-refractivity contribution in [2.75, 3.05) is 9.80 Å². The molecule has 0 saturated carbocycles. The number of anilines is 6. The second-order valence-electron chi connectivity index (χ2n) is 30.4. The van der Waals surface area contributed by atoms with Crippen LogP contribution in [-0.4, -0.2) is 6.71 Å². The molecule has 100 heavy (non-hydrogen) atoms. The molecule has 0 atom stereocenters. The summed E-state index contributed by atoms with van der Waals surface area (Å²) in [4.78, 5) is 5.10. The number of rotatable bonds is 10. The Bertz CT molecular complexity index is 5640. The molecule has 482 valence electrons. The summed E-state index contributed by atoms with van der Waals surface area (Å²) >= 11 is 0. The van der Waals surface area contributed by atoms with E-state index >= 15 is 0 Å².